The maximum atomic E-state index is 13.7. The van der Waals surface area contributed by atoms with Gasteiger partial charge in [-0.3, -0.25) is 4.79 Å². The number of hydrogen-bond acceptors (Lipinski definition) is 5. The van der Waals surface area contributed by atoms with Crippen LogP contribution in [0.3, 0.4) is 0 Å². The van der Waals surface area contributed by atoms with Crippen molar-refractivity contribution >= 4 is 16.8 Å². The van der Waals surface area contributed by atoms with Gasteiger partial charge in [0.15, 0.2) is 0 Å². The second-order valence-corrected chi connectivity index (χ2v) is 9.46. The Morgan fingerprint density at radius 1 is 1.29 bits per heavy atom. The van der Waals surface area contributed by atoms with Crippen LogP contribution < -0.4 is 4.74 Å². The molecule has 2 saturated heterocycles. The van der Waals surface area contributed by atoms with E-state index in [9.17, 15) is 9.90 Å². The van der Waals surface area contributed by atoms with Crippen molar-refractivity contribution < 1.29 is 19.4 Å². The molecule has 3 aliphatic heterocycles. The summed E-state index contributed by atoms with van der Waals surface area (Å²) in [5.74, 6) is 0.957. The van der Waals surface area contributed by atoms with Gasteiger partial charge in [-0.25, -0.2) is 0 Å². The topological polar surface area (TPSA) is 78.0 Å². The first-order valence-electron chi connectivity index (χ1n) is 11.4. The van der Waals surface area contributed by atoms with Gasteiger partial charge in [-0.05, 0) is 63.5 Å². The number of benzene rings is 1. The highest BCUT2D eigenvalue weighted by Crippen LogP contribution is 2.49. The van der Waals surface area contributed by atoms with Crippen molar-refractivity contribution in [3.05, 3.63) is 29.5 Å². The molecule has 168 valence electrons. The Kier molecular flexibility index (Phi) is 5.44. The number of nitrogens with one attached hydrogen (secondary N) is 1. The lowest BCUT2D eigenvalue weighted by Crippen LogP contribution is -2.56. The van der Waals surface area contributed by atoms with Crippen LogP contribution in [-0.2, 0) is 14.9 Å². The van der Waals surface area contributed by atoms with Gasteiger partial charge < -0.3 is 29.4 Å². The average molecular weight is 428 g/mol. The zero-order valence-corrected chi connectivity index (χ0v) is 18.5. The molecular weight excluding hydrogens is 394 g/mol. The molecule has 4 heterocycles. The number of likely N-dealkylation sites (tertiary alicyclic amines) is 1. The number of amides is 1. The average Bonchev–Trinajstić information content (AvgIpc) is 3.20. The SMILES string of the molecule is COc1ccc2c3c([nH]c2c1)[C@@H](CO)N(C(=O)C1CCOCC1)CC31CCN(C)CC1. The Labute approximate surface area is 183 Å². The van der Waals surface area contributed by atoms with E-state index in [0.29, 0.717) is 19.8 Å². The molecule has 0 radical (unpaired) electrons. The summed E-state index contributed by atoms with van der Waals surface area (Å²) < 4.78 is 10.9. The number of ether oxygens (including phenoxy) is 2. The van der Waals surface area contributed by atoms with Gasteiger partial charge in [0.25, 0.3) is 0 Å². The Morgan fingerprint density at radius 3 is 2.71 bits per heavy atom. The predicted octanol–water partition coefficient (Wildman–Crippen LogP) is 2.44. The summed E-state index contributed by atoms with van der Waals surface area (Å²) in [7, 11) is 3.84. The van der Waals surface area contributed by atoms with E-state index >= 15 is 0 Å². The number of H-pyrrole nitrogens is 1. The third-order valence-corrected chi connectivity index (χ3v) is 7.72. The zero-order valence-electron chi connectivity index (χ0n) is 18.5. The van der Waals surface area contributed by atoms with E-state index in [1.54, 1.807) is 7.11 Å². The third-order valence-electron chi connectivity index (χ3n) is 7.72. The van der Waals surface area contributed by atoms with Crippen molar-refractivity contribution in [3.8, 4) is 5.75 Å². The molecule has 5 rings (SSSR count). The molecule has 3 aliphatic rings. The van der Waals surface area contributed by atoms with Crippen molar-refractivity contribution in [2.24, 2.45) is 5.92 Å². The largest absolute Gasteiger partial charge is 0.497 e. The van der Waals surface area contributed by atoms with E-state index in [-0.39, 0.29) is 29.9 Å². The summed E-state index contributed by atoms with van der Waals surface area (Å²) in [5.41, 5.74) is 3.22. The van der Waals surface area contributed by atoms with E-state index in [4.69, 9.17) is 9.47 Å². The highest BCUT2D eigenvalue weighted by Gasteiger charge is 2.49. The van der Waals surface area contributed by atoms with Crippen LogP contribution in [0, 0.1) is 5.92 Å². The Hall–Kier alpha value is -2.09. The molecule has 0 unspecified atom stereocenters. The molecule has 2 aromatic rings. The van der Waals surface area contributed by atoms with Crippen molar-refractivity contribution in [1.82, 2.24) is 14.8 Å². The van der Waals surface area contributed by atoms with Crippen LogP contribution in [0.1, 0.15) is 43.0 Å². The van der Waals surface area contributed by atoms with Crippen LogP contribution >= 0.6 is 0 Å². The molecule has 0 bridgehead atoms. The monoisotopic (exact) mass is 427 g/mol. The van der Waals surface area contributed by atoms with Gasteiger partial charge in [0.05, 0.1) is 19.8 Å². The van der Waals surface area contributed by atoms with Gasteiger partial charge in [-0.15, -0.1) is 0 Å². The quantitative estimate of drug-likeness (QED) is 0.787. The van der Waals surface area contributed by atoms with E-state index in [1.807, 2.05) is 17.0 Å². The highest BCUT2D eigenvalue weighted by molar-refractivity contribution is 5.89. The highest BCUT2D eigenvalue weighted by atomic mass is 16.5. The third kappa shape index (κ3) is 3.43. The number of methoxy groups -OCH3 is 1. The van der Waals surface area contributed by atoms with Gasteiger partial charge in [0, 0.05) is 53.8 Å². The summed E-state index contributed by atoms with van der Waals surface area (Å²) in [6.07, 6.45) is 3.54. The number of aliphatic hydroxyl groups is 1. The van der Waals surface area contributed by atoms with Crippen molar-refractivity contribution in [2.45, 2.75) is 37.1 Å². The van der Waals surface area contributed by atoms with Crippen molar-refractivity contribution in [1.29, 1.82) is 0 Å². The molecule has 2 N–H and O–H groups in total. The van der Waals surface area contributed by atoms with Gasteiger partial charge in [0.2, 0.25) is 5.91 Å². The van der Waals surface area contributed by atoms with Crippen LogP contribution in [0.25, 0.3) is 10.9 Å². The standard InChI is InChI=1S/C24H33N3O4/c1-26-9-7-24(8-10-26)15-27(23(29)16-5-11-31-12-6-16)20(14-28)22-21(24)18-4-3-17(30-2)13-19(18)25-22/h3-4,13,16,20,25,28H,5-12,14-15H2,1-2H3/t20-/m1/s1. The number of piperidine rings is 1. The van der Waals surface area contributed by atoms with Gasteiger partial charge in [0.1, 0.15) is 5.75 Å². The summed E-state index contributed by atoms with van der Waals surface area (Å²) in [5, 5.41) is 11.6. The molecule has 1 atom stereocenters. The minimum atomic E-state index is -0.339. The Morgan fingerprint density at radius 2 is 2.03 bits per heavy atom. The van der Waals surface area contributed by atoms with Crippen LogP contribution in [0.15, 0.2) is 18.2 Å². The number of carbonyl (C=O) groups is 1. The molecular formula is C24H33N3O4. The number of nitrogens with zero attached hydrogens (tertiary/aromatic N) is 2. The molecule has 7 heteroatoms. The predicted molar refractivity (Wildman–Crippen MR) is 118 cm³/mol. The lowest BCUT2D eigenvalue weighted by Gasteiger charge is -2.50. The summed E-state index contributed by atoms with van der Waals surface area (Å²) in [4.78, 5) is 21.6. The number of rotatable bonds is 3. The maximum absolute atomic E-state index is 13.7. The van der Waals surface area contributed by atoms with Crippen LogP contribution in [-0.4, -0.2) is 79.4 Å². The first kappa shape index (κ1) is 20.8. The van der Waals surface area contributed by atoms with E-state index in [0.717, 1.165) is 55.7 Å². The van der Waals surface area contributed by atoms with Gasteiger partial charge in [-0.1, -0.05) is 0 Å². The first-order chi connectivity index (χ1) is 15.1. The fraction of sp³-hybridized carbons (Fsp3) is 0.625. The molecule has 1 amide bonds. The number of hydrogen-bond donors (Lipinski definition) is 2. The number of carbonyl (C=O) groups excluding carboxylic acids is 1. The lowest BCUT2D eigenvalue weighted by atomic mass is 9.68. The fourth-order valence-electron chi connectivity index (χ4n) is 5.87. The minimum absolute atomic E-state index is 0.0165. The normalized spacial score (nSPS) is 24.5. The van der Waals surface area contributed by atoms with Crippen molar-refractivity contribution in [2.75, 3.05) is 53.6 Å². The number of aromatic amines is 1. The van der Waals surface area contributed by atoms with Crippen LogP contribution in [0.4, 0.5) is 0 Å². The number of fused-ring (bicyclic) bond motifs is 4. The summed E-state index contributed by atoms with van der Waals surface area (Å²) in [6.45, 7) is 3.88. The molecule has 7 nitrogen and oxygen atoms in total. The second-order valence-electron chi connectivity index (χ2n) is 9.46. The zero-order chi connectivity index (χ0) is 21.6. The van der Waals surface area contributed by atoms with Crippen molar-refractivity contribution in [3.63, 3.8) is 0 Å². The Bertz CT molecular complexity index is 957. The van der Waals surface area contributed by atoms with Gasteiger partial charge in [-0.2, -0.15) is 0 Å². The second kappa shape index (κ2) is 8.11. The van der Waals surface area contributed by atoms with E-state index in [1.165, 1.54) is 10.9 Å². The lowest BCUT2D eigenvalue weighted by molar-refractivity contribution is -0.144. The number of aliphatic hydroxyl groups excluding tert-OH is 1. The van der Waals surface area contributed by atoms with Crippen LogP contribution in [0.2, 0.25) is 0 Å². The van der Waals surface area contributed by atoms with E-state index < -0.39 is 0 Å². The smallest absolute Gasteiger partial charge is 0.226 e. The molecule has 1 aromatic heterocycles. The molecule has 0 aliphatic carbocycles. The summed E-state index contributed by atoms with van der Waals surface area (Å²) in [6, 6.07) is 5.82. The van der Waals surface area contributed by atoms with Crippen LogP contribution in [0.5, 0.6) is 5.75 Å². The minimum Gasteiger partial charge on any atom is -0.497 e. The maximum Gasteiger partial charge on any atom is 0.226 e. The number of aromatic nitrogens is 1. The molecule has 1 spiro atoms. The molecule has 2 fully saturated rings. The molecule has 31 heavy (non-hydrogen) atoms. The molecule has 0 saturated carbocycles. The summed E-state index contributed by atoms with van der Waals surface area (Å²) >= 11 is 0. The Balaban J connectivity index is 1.62. The first-order valence-corrected chi connectivity index (χ1v) is 11.4. The van der Waals surface area contributed by atoms with Gasteiger partial charge >= 0.3 is 0 Å². The van der Waals surface area contributed by atoms with E-state index in [2.05, 4.69) is 23.0 Å². The molecule has 1 aromatic carbocycles. The fourth-order valence-corrected chi connectivity index (χ4v) is 5.87.